The molecule has 3 heterocycles. The number of nitrogens with one attached hydrogen (secondary N) is 1. The van der Waals surface area contributed by atoms with E-state index in [1.54, 1.807) is 42.0 Å². The van der Waals surface area contributed by atoms with E-state index < -0.39 is 5.97 Å². The van der Waals surface area contributed by atoms with Crippen molar-refractivity contribution in [2.45, 2.75) is 46.6 Å². The molecule has 0 spiro atoms. The van der Waals surface area contributed by atoms with E-state index in [0.717, 1.165) is 24.8 Å². The van der Waals surface area contributed by atoms with Crippen LogP contribution < -0.4 is 5.32 Å². The summed E-state index contributed by atoms with van der Waals surface area (Å²) in [5.41, 5.74) is 2.45. The Morgan fingerprint density at radius 2 is 2.05 bits per heavy atom. The van der Waals surface area contributed by atoms with Gasteiger partial charge < -0.3 is 19.3 Å². The van der Waals surface area contributed by atoms with Gasteiger partial charge in [-0.2, -0.15) is 0 Å². The van der Waals surface area contributed by atoms with Gasteiger partial charge in [-0.15, -0.1) is 11.3 Å². The maximum atomic E-state index is 13.4. The number of aromatic carboxylic acids is 1. The van der Waals surface area contributed by atoms with Crippen LogP contribution in [0.2, 0.25) is 5.02 Å². The second-order valence-electron chi connectivity index (χ2n) is 10.7. The molecule has 4 aromatic rings. The van der Waals surface area contributed by atoms with E-state index in [4.69, 9.17) is 25.4 Å². The SMILES string of the molecule is CC(C)(C)[C@H]1CCc2c(sc(N=Cc3ccc(-c4cc(C(=O)O)ccc4Cl)o3)c2C(=O)NCc2ccco2)C1. The third-order valence-corrected chi connectivity index (χ3v) is 8.61. The number of fused-ring (bicyclic) bond motifs is 1. The van der Waals surface area contributed by atoms with Gasteiger partial charge in [0.25, 0.3) is 5.91 Å². The van der Waals surface area contributed by atoms with Crippen LogP contribution in [-0.4, -0.2) is 23.2 Å². The Bertz CT molecular complexity index is 1540. The van der Waals surface area contributed by atoms with Crippen molar-refractivity contribution >= 4 is 46.0 Å². The van der Waals surface area contributed by atoms with Gasteiger partial charge >= 0.3 is 5.97 Å². The number of halogens is 1. The highest BCUT2D eigenvalue weighted by atomic mass is 35.5. The molecule has 0 radical (unpaired) electrons. The van der Waals surface area contributed by atoms with Gasteiger partial charge in [0.1, 0.15) is 22.3 Å². The summed E-state index contributed by atoms with van der Waals surface area (Å²) in [6.07, 6.45) is 5.93. The predicted octanol–water partition coefficient (Wildman–Crippen LogP) is 7.78. The quantitative estimate of drug-likeness (QED) is 0.223. The molecule has 2 N–H and O–H groups in total. The standard InChI is InChI=1S/C30H29ClN2O5S/c1-30(2,3)18-7-9-21-25(14-18)39-28(26(21)27(34)32-15-19-5-4-12-37-19)33-16-20-8-11-24(38-20)22-13-17(29(35)36)6-10-23(22)31/h4-6,8,10-13,16,18H,7,9,14-15H2,1-3H3,(H,32,34)(H,35,36)/t18-/m0/s1. The lowest BCUT2D eigenvalue weighted by Crippen LogP contribution is -2.28. The lowest BCUT2D eigenvalue weighted by molar-refractivity contribution is 0.0696. The van der Waals surface area contributed by atoms with Crippen LogP contribution in [0.1, 0.15) is 69.9 Å². The van der Waals surface area contributed by atoms with Gasteiger partial charge in [-0.3, -0.25) is 4.79 Å². The Hall–Kier alpha value is -3.62. The first kappa shape index (κ1) is 27.0. The summed E-state index contributed by atoms with van der Waals surface area (Å²) in [5.74, 6) is 0.872. The van der Waals surface area contributed by atoms with Crippen molar-refractivity contribution in [3.05, 3.63) is 86.8 Å². The largest absolute Gasteiger partial charge is 0.478 e. The molecule has 202 valence electrons. The molecule has 0 saturated heterocycles. The van der Waals surface area contributed by atoms with Gasteiger partial charge in [0, 0.05) is 10.4 Å². The van der Waals surface area contributed by atoms with Crippen molar-refractivity contribution < 1.29 is 23.5 Å². The maximum Gasteiger partial charge on any atom is 0.335 e. The van der Waals surface area contributed by atoms with E-state index in [2.05, 4.69) is 26.1 Å². The van der Waals surface area contributed by atoms with E-state index >= 15 is 0 Å². The number of rotatable bonds is 7. The highest BCUT2D eigenvalue weighted by Gasteiger charge is 2.33. The third-order valence-electron chi connectivity index (χ3n) is 7.12. The van der Waals surface area contributed by atoms with Crippen molar-refractivity contribution in [1.29, 1.82) is 0 Å². The van der Waals surface area contributed by atoms with Crippen molar-refractivity contribution in [2.24, 2.45) is 16.3 Å². The van der Waals surface area contributed by atoms with Crippen LogP contribution in [0.3, 0.4) is 0 Å². The molecule has 1 amide bonds. The first-order chi connectivity index (χ1) is 18.6. The molecule has 0 aliphatic heterocycles. The molecule has 0 saturated carbocycles. The number of aliphatic imine (C=N–C) groups is 1. The normalized spacial score (nSPS) is 15.4. The average Bonchev–Trinajstić information content (AvgIpc) is 3.65. The summed E-state index contributed by atoms with van der Waals surface area (Å²) in [7, 11) is 0. The molecule has 39 heavy (non-hydrogen) atoms. The van der Waals surface area contributed by atoms with Crippen molar-refractivity contribution in [3.63, 3.8) is 0 Å². The Balaban J connectivity index is 1.44. The molecule has 1 aliphatic carbocycles. The van der Waals surface area contributed by atoms with Gasteiger partial charge in [0.2, 0.25) is 0 Å². The maximum absolute atomic E-state index is 13.4. The zero-order valence-corrected chi connectivity index (χ0v) is 23.5. The van der Waals surface area contributed by atoms with Crippen molar-refractivity contribution in [1.82, 2.24) is 5.32 Å². The molecule has 9 heteroatoms. The van der Waals surface area contributed by atoms with E-state index in [1.165, 1.54) is 23.1 Å². The van der Waals surface area contributed by atoms with Gasteiger partial charge in [0.15, 0.2) is 0 Å². The summed E-state index contributed by atoms with van der Waals surface area (Å²) >= 11 is 7.86. The fraction of sp³-hybridized carbons (Fsp3) is 0.300. The molecular formula is C30H29ClN2O5S. The first-order valence-corrected chi connectivity index (χ1v) is 13.9. The zero-order valence-electron chi connectivity index (χ0n) is 21.9. The van der Waals surface area contributed by atoms with Crippen LogP contribution in [0.15, 0.2) is 62.6 Å². The second kappa shape index (κ2) is 10.9. The average molecular weight is 565 g/mol. The number of amides is 1. The number of carboxylic acid groups (broad SMARTS) is 1. The summed E-state index contributed by atoms with van der Waals surface area (Å²) in [6, 6.07) is 11.5. The van der Waals surface area contributed by atoms with Crippen LogP contribution >= 0.6 is 22.9 Å². The third kappa shape index (κ3) is 5.87. The molecule has 0 bridgehead atoms. The number of nitrogens with zero attached hydrogens (tertiary/aromatic N) is 1. The van der Waals surface area contributed by atoms with Gasteiger partial charge in [-0.1, -0.05) is 32.4 Å². The number of carbonyl (C=O) groups excluding carboxylic acids is 1. The Kier molecular flexibility index (Phi) is 7.51. The van der Waals surface area contributed by atoms with Gasteiger partial charge in [-0.05, 0) is 78.6 Å². The number of hydrogen-bond donors (Lipinski definition) is 2. The smallest absolute Gasteiger partial charge is 0.335 e. The number of carbonyl (C=O) groups is 2. The fourth-order valence-corrected chi connectivity index (χ4v) is 6.32. The van der Waals surface area contributed by atoms with E-state index in [-0.39, 0.29) is 16.9 Å². The van der Waals surface area contributed by atoms with Crippen LogP contribution in [0.4, 0.5) is 5.00 Å². The van der Waals surface area contributed by atoms with Gasteiger partial charge in [0.05, 0.1) is 35.2 Å². The fourth-order valence-electron chi connectivity index (χ4n) is 4.84. The molecule has 5 rings (SSSR count). The van der Waals surface area contributed by atoms with Crippen LogP contribution in [0, 0.1) is 11.3 Å². The highest BCUT2D eigenvalue weighted by molar-refractivity contribution is 7.16. The minimum atomic E-state index is -1.05. The van der Waals surface area contributed by atoms with Crippen LogP contribution in [0.5, 0.6) is 0 Å². The van der Waals surface area contributed by atoms with E-state index in [9.17, 15) is 14.7 Å². The molecule has 7 nitrogen and oxygen atoms in total. The molecule has 1 aromatic carbocycles. The number of carboxylic acids is 1. The van der Waals surface area contributed by atoms with Crippen LogP contribution in [-0.2, 0) is 19.4 Å². The Morgan fingerprint density at radius 1 is 1.23 bits per heavy atom. The molecule has 0 unspecified atom stereocenters. The monoisotopic (exact) mass is 564 g/mol. The lowest BCUT2D eigenvalue weighted by Gasteiger charge is -2.33. The zero-order chi connectivity index (χ0) is 27.7. The summed E-state index contributed by atoms with van der Waals surface area (Å²) in [6.45, 7) is 7.08. The van der Waals surface area contributed by atoms with Crippen molar-refractivity contribution in [2.75, 3.05) is 0 Å². The number of thiophene rings is 1. The Morgan fingerprint density at radius 3 is 2.77 bits per heavy atom. The molecular weight excluding hydrogens is 536 g/mol. The Labute approximate surface area is 235 Å². The lowest BCUT2D eigenvalue weighted by atomic mass is 9.72. The highest BCUT2D eigenvalue weighted by Crippen LogP contribution is 2.45. The summed E-state index contributed by atoms with van der Waals surface area (Å²) < 4.78 is 11.3. The minimum Gasteiger partial charge on any atom is -0.478 e. The molecule has 0 fully saturated rings. The first-order valence-electron chi connectivity index (χ1n) is 12.7. The predicted molar refractivity (Wildman–Crippen MR) is 153 cm³/mol. The summed E-state index contributed by atoms with van der Waals surface area (Å²) in [4.78, 5) is 30.7. The van der Waals surface area contributed by atoms with E-state index in [1.807, 2.05) is 6.07 Å². The van der Waals surface area contributed by atoms with E-state index in [0.29, 0.717) is 50.9 Å². The number of benzene rings is 1. The van der Waals surface area contributed by atoms with Gasteiger partial charge in [-0.25, -0.2) is 9.79 Å². The number of furan rings is 2. The molecule has 1 atom stereocenters. The van der Waals surface area contributed by atoms with Crippen LogP contribution in [0.25, 0.3) is 11.3 Å². The minimum absolute atomic E-state index is 0.115. The molecule has 1 aliphatic rings. The second-order valence-corrected chi connectivity index (χ2v) is 12.2. The van der Waals surface area contributed by atoms with Crippen molar-refractivity contribution in [3.8, 4) is 11.3 Å². The molecule has 3 aromatic heterocycles. The number of hydrogen-bond acceptors (Lipinski definition) is 6. The summed E-state index contributed by atoms with van der Waals surface area (Å²) in [5, 5.41) is 13.3. The topological polar surface area (TPSA) is 105 Å².